The van der Waals surface area contributed by atoms with Crippen LogP contribution in [0.4, 0.5) is 5.82 Å². The Labute approximate surface area is 137 Å². The lowest BCUT2D eigenvalue weighted by Crippen LogP contribution is -2.42. The molecular weight excluding hydrogens is 290 g/mol. The first kappa shape index (κ1) is 17.0. The molecule has 2 atom stereocenters. The van der Waals surface area contributed by atoms with E-state index in [1.165, 1.54) is 0 Å². The van der Waals surface area contributed by atoms with Gasteiger partial charge in [0.05, 0.1) is 17.7 Å². The molecule has 0 aliphatic carbocycles. The average Bonchev–Trinajstić information content (AvgIpc) is 2.55. The third kappa shape index (κ3) is 4.53. The molecule has 5 heteroatoms. The lowest BCUT2D eigenvalue weighted by Gasteiger charge is -2.22. The quantitative estimate of drug-likeness (QED) is 0.854. The number of nitrogens with zero attached hydrogens (tertiary/aromatic N) is 2. The second-order valence-electron chi connectivity index (χ2n) is 5.79. The highest BCUT2D eigenvalue weighted by molar-refractivity contribution is 5.99. The molecule has 5 nitrogen and oxygen atoms in total. The number of rotatable bonds is 6. The summed E-state index contributed by atoms with van der Waals surface area (Å²) in [6.45, 7) is 1.80. The number of pyridine rings is 1. The zero-order valence-electron chi connectivity index (χ0n) is 13.7. The molecule has 1 aromatic carbocycles. The number of amides is 1. The van der Waals surface area contributed by atoms with E-state index in [0.717, 1.165) is 5.56 Å². The van der Waals surface area contributed by atoms with Gasteiger partial charge in [0.25, 0.3) is 5.91 Å². The van der Waals surface area contributed by atoms with Crippen molar-refractivity contribution in [3.05, 3.63) is 59.8 Å². The minimum atomic E-state index is -0.652. The highest BCUT2D eigenvalue weighted by atomic mass is 16.3. The Balaban J connectivity index is 2.02. The van der Waals surface area contributed by atoms with Crippen LogP contribution in [-0.4, -0.2) is 42.2 Å². The fourth-order valence-corrected chi connectivity index (χ4v) is 2.34. The number of carbonyl (C=O) groups excluding carboxylic acids is 1. The third-order valence-electron chi connectivity index (χ3n) is 3.68. The van der Waals surface area contributed by atoms with Gasteiger partial charge in [-0.2, -0.15) is 0 Å². The van der Waals surface area contributed by atoms with E-state index in [2.05, 4.69) is 10.3 Å². The van der Waals surface area contributed by atoms with E-state index in [4.69, 9.17) is 0 Å². The van der Waals surface area contributed by atoms with E-state index in [-0.39, 0.29) is 11.9 Å². The van der Waals surface area contributed by atoms with Gasteiger partial charge in [0.2, 0.25) is 0 Å². The number of anilines is 1. The zero-order chi connectivity index (χ0) is 16.8. The number of carbonyl (C=O) groups is 1. The van der Waals surface area contributed by atoms with Crippen LogP contribution in [-0.2, 0) is 6.42 Å². The summed E-state index contributed by atoms with van der Waals surface area (Å²) in [7, 11) is 3.68. The number of hydrogen-bond donors (Lipinski definition) is 2. The van der Waals surface area contributed by atoms with Crippen molar-refractivity contribution in [1.82, 2.24) is 10.3 Å². The fraction of sp³-hybridized carbons (Fsp3) is 0.333. The van der Waals surface area contributed by atoms with Crippen molar-refractivity contribution < 1.29 is 9.90 Å². The zero-order valence-corrected chi connectivity index (χ0v) is 13.7. The van der Waals surface area contributed by atoms with Crippen LogP contribution < -0.4 is 10.2 Å². The predicted octanol–water partition coefficient (Wildman–Crippen LogP) is 1.87. The van der Waals surface area contributed by atoms with Crippen LogP contribution >= 0.6 is 0 Å². The molecule has 2 unspecified atom stereocenters. The summed E-state index contributed by atoms with van der Waals surface area (Å²) in [5.41, 5.74) is 1.53. The van der Waals surface area contributed by atoms with Crippen molar-refractivity contribution >= 4 is 11.7 Å². The minimum absolute atomic E-state index is 0.235. The number of aromatic nitrogens is 1. The Kier molecular flexibility index (Phi) is 5.71. The molecule has 2 rings (SSSR count). The van der Waals surface area contributed by atoms with Crippen LogP contribution in [0.3, 0.4) is 0 Å². The van der Waals surface area contributed by atoms with Gasteiger partial charge in [-0.25, -0.2) is 4.98 Å². The molecule has 0 aliphatic rings. The Morgan fingerprint density at radius 2 is 1.91 bits per heavy atom. The maximum absolute atomic E-state index is 12.4. The van der Waals surface area contributed by atoms with Crippen LogP contribution in [0, 0.1) is 0 Å². The van der Waals surface area contributed by atoms with Gasteiger partial charge in [-0.1, -0.05) is 30.3 Å². The number of benzene rings is 1. The first-order valence-electron chi connectivity index (χ1n) is 7.64. The second-order valence-corrected chi connectivity index (χ2v) is 5.79. The second kappa shape index (κ2) is 7.74. The lowest BCUT2D eigenvalue weighted by molar-refractivity contribution is 0.0852. The van der Waals surface area contributed by atoms with Gasteiger partial charge in [-0.05, 0) is 24.6 Å². The summed E-state index contributed by atoms with van der Waals surface area (Å²) >= 11 is 0. The summed E-state index contributed by atoms with van der Waals surface area (Å²) in [6, 6.07) is 12.8. The monoisotopic (exact) mass is 313 g/mol. The van der Waals surface area contributed by atoms with Crippen LogP contribution in [0.15, 0.2) is 48.7 Å². The standard InChI is InChI=1S/C18H23N3O2/c1-13(16(22)12-14-8-5-4-6-9-14)20-18(23)15-10-7-11-19-17(15)21(2)3/h4-11,13,16,22H,12H2,1-3H3,(H,20,23). The molecule has 1 amide bonds. The van der Waals surface area contributed by atoms with E-state index in [1.807, 2.05) is 44.4 Å². The molecule has 23 heavy (non-hydrogen) atoms. The first-order valence-corrected chi connectivity index (χ1v) is 7.64. The lowest BCUT2D eigenvalue weighted by atomic mass is 10.0. The first-order chi connectivity index (χ1) is 11.0. The Morgan fingerprint density at radius 3 is 2.57 bits per heavy atom. The maximum Gasteiger partial charge on any atom is 0.255 e. The van der Waals surface area contributed by atoms with Crippen molar-refractivity contribution in [2.24, 2.45) is 0 Å². The van der Waals surface area contributed by atoms with E-state index >= 15 is 0 Å². The highest BCUT2D eigenvalue weighted by Crippen LogP contribution is 2.15. The van der Waals surface area contributed by atoms with E-state index in [9.17, 15) is 9.90 Å². The van der Waals surface area contributed by atoms with Gasteiger partial charge in [0.1, 0.15) is 5.82 Å². The summed E-state index contributed by atoms with van der Waals surface area (Å²) in [6.07, 6.45) is 1.50. The Bertz CT molecular complexity index is 644. The third-order valence-corrected chi connectivity index (χ3v) is 3.68. The minimum Gasteiger partial charge on any atom is -0.391 e. The molecule has 1 aromatic heterocycles. The van der Waals surface area contributed by atoms with Gasteiger partial charge < -0.3 is 15.3 Å². The van der Waals surface area contributed by atoms with Crippen LogP contribution in [0.1, 0.15) is 22.8 Å². The molecule has 0 radical (unpaired) electrons. The Morgan fingerprint density at radius 1 is 1.22 bits per heavy atom. The molecular formula is C18H23N3O2. The van der Waals surface area contributed by atoms with Gasteiger partial charge in [-0.15, -0.1) is 0 Å². The van der Waals surface area contributed by atoms with Crippen molar-refractivity contribution in [2.45, 2.75) is 25.5 Å². The fourth-order valence-electron chi connectivity index (χ4n) is 2.34. The molecule has 0 saturated carbocycles. The summed E-state index contributed by atoms with van der Waals surface area (Å²) < 4.78 is 0. The maximum atomic E-state index is 12.4. The number of aliphatic hydroxyl groups excluding tert-OH is 1. The molecule has 0 bridgehead atoms. The summed E-state index contributed by atoms with van der Waals surface area (Å²) in [5, 5.41) is 13.2. The largest absolute Gasteiger partial charge is 0.391 e. The van der Waals surface area contributed by atoms with E-state index < -0.39 is 6.10 Å². The summed E-state index contributed by atoms with van der Waals surface area (Å²) in [5.74, 6) is 0.371. The van der Waals surface area contributed by atoms with Crippen LogP contribution in [0.2, 0.25) is 0 Å². The van der Waals surface area contributed by atoms with Gasteiger partial charge in [-0.3, -0.25) is 4.79 Å². The van der Waals surface area contributed by atoms with E-state index in [0.29, 0.717) is 17.8 Å². The SMILES string of the molecule is CC(NC(=O)c1cccnc1N(C)C)C(O)Cc1ccccc1. The predicted molar refractivity (Wildman–Crippen MR) is 91.6 cm³/mol. The molecule has 1 heterocycles. The molecule has 0 fully saturated rings. The Hall–Kier alpha value is -2.40. The van der Waals surface area contributed by atoms with Gasteiger partial charge in [0.15, 0.2) is 0 Å². The van der Waals surface area contributed by atoms with Gasteiger partial charge >= 0.3 is 0 Å². The highest BCUT2D eigenvalue weighted by Gasteiger charge is 2.20. The smallest absolute Gasteiger partial charge is 0.255 e. The summed E-state index contributed by atoms with van der Waals surface area (Å²) in [4.78, 5) is 18.5. The molecule has 0 saturated heterocycles. The van der Waals surface area contributed by atoms with Crippen LogP contribution in [0.5, 0.6) is 0 Å². The molecule has 122 valence electrons. The number of aliphatic hydroxyl groups is 1. The van der Waals surface area contributed by atoms with Crippen molar-refractivity contribution in [3.8, 4) is 0 Å². The normalized spacial score (nSPS) is 13.2. The average molecular weight is 313 g/mol. The number of hydrogen-bond acceptors (Lipinski definition) is 4. The van der Waals surface area contributed by atoms with Crippen molar-refractivity contribution in [2.75, 3.05) is 19.0 Å². The molecule has 2 aromatic rings. The molecule has 2 N–H and O–H groups in total. The topological polar surface area (TPSA) is 65.5 Å². The molecule has 0 aliphatic heterocycles. The van der Waals surface area contributed by atoms with E-state index in [1.54, 1.807) is 30.2 Å². The van der Waals surface area contributed by atoms with Crippen LogP contribution in [0.25, 0.3) is 0 Å². The van der Waals surface area contributed by atoms with Crippen molar-refractivity contribution in [1.29, 1.82) is 0 Å². The van der Waals surface area contributed by atoms with Gasteiger partial charge in [0, 0.05) is 26.7 Å². The van der Waals surface area contributed by atoms with Crippen molar-refractivity contribution in [3.63, 3.8) is 0 Å². The molecule has 0 spiro atoms. The number of nitrogens with one attached hydrogen (secondary N) is 1.